The Morgan fingerprint density at radius 2 is 2.00 bits per heavy atom. The molecule has 0 heterocycles. The molecule has 2 aliphatic carbocycles. The minimum absolute atomic E-state index is 0. The number of thioether (sulfide) groups is 1. The first-order valence-electron chi connectivity index (χ1n) is 6.35. The summed E-state index contributed by atoms with van der Waals surface area (Å²) in [4.78, 5) is 1.16. The maximum atomic E-state index is 6.28. The van der Waals surface area contributed by atoms with Crippen LogP contribution >= 0.6 is 11.8 Å². The van der Waals surface area contributed by atoms with E-state index in [4.69, 9.17) is 4.74 Å². The van der Waals surface area contributed by atoms with Gasteiger partial charge in [-0.05, 0) is 0 Å². The largest absolute Gasteiger partial charge is 1.00 e. The Labute approximate surface area is 150 Å². The van der Waals surface area contributed by atoms with Gasteiger partial charge < -0.3 is 24.8 Å². The summed E-state index contributed by atoms with van der Waals surface area (Å²) in [5, 5.41) is 0. The summed E-state index contributed by atoms with van der Waals surface area (Å²) in [5.74, 6) is 0. The summed E-state index contributed by atoms with van der Waals surface area (Å²) >= 11 is 4.08. The van der Waals surface area contributed by atoms with Crippen LogP contribution in [0.25, 0.3) is 0 Å². The average molecular weight is 366 g/mol. The van der Waals surface area contributed by atoms with Crippen LogP contribution in [0.3, 0.4) is 0 Å². The zero-order valence-electron chi connectivity index (χ0n) is 12.0. The third-order valence-corrected chi connectivity index (χ3v) is 5.60. The Morgan fingerprint density at radius 1 is 1.30 bits per heavy atom. The Morgan fingerprint density at radius 3 is 2.50 bits per heavy atom. The molecule has 0 N–H and O–H groups in total. The molecule has 0 spiro atoms. The summed E-state index contributed by atoms with van der Waals surface area (Å²) in [5.41, 5.74) is 1.31. The molecule has 0 aromatic rings. The van der Waals surface area contributed by atoms with E-state index in [0.29, 0.717) is 0 Å². The molecule has 0 radical (unpaired) electrons. The van der Waals surface area contributed by atoms with Gasteiger partial charge in [0.05, 0.1) is 0 Å². The van der Waals surface area contributed by atoms with Crippen LogP contribution in [0.5, 0.6) is 0 Å². The maximum Gasteiger partial charge on any atom is -1.00 e. The van der Waals surface area contributed by atoms with Gasteiger partial charge in [0.15, 0.2) is 0 Å². The first-order chi connectivity index (χ1) is 8.53. The van der Waals surface area contributed by atoms with E-state index < -0.39 is 0 Å². The van der Waals surface area contributed by atoms with Crippen LogP contribution in [0.2, 0.25) is 0 Å². The molecule has 0 aliphatic heterocycles. The molecule has 2 rings (SSSR count). The van der Waals surface area contributed by atoms with Gasteiger partial charge in [0.2, 0.25) is 0 Å². The first kappa shape index (κ1) is 20.6. The summed E-state index contributed by atoms with van der Waals surface area (Å²) in [6.45, 7) is 6.40. The zero-order chi connectivity index (χ0) is 13.2. The maximum absolute atomic E-state index is 6.28. The summed E-state index contributed by atoms with van der Waals surface area (Å²) in [7, 11) is 0. The Hall–Kier alpha value is 0.564. The Balaban J connectivity index is 0.00000180. The predicted molar refractivity (Wildman–Crippen MR) is 74.8 cm³/mol. The van der Waals surface area contributed by atoms with E-state index in [0.717, 1.165) is 12.8 Å². The molecule has 1 unspecified atom stereocenters. The SMILES string of the molecule is CC1=CC=CCC1(OC(C)C)SC1=[C]([Ti+2])CC=C1.[Cl-].[Cl-]. The molecule has 0 saturated carbocycles. The third-order valence-electron chi connectivity index (χ3n) is 3.06. The average Bonchev–Trinajstić information content (AvgIpc) is 2.68. The Bertz CT molecular complexity index is 455. The molecule has 109 valence electrons. The summed E-state index contributed by atoms with van der Waals surface area (Å²) in [6, 6.07) is 0. The number of rotatable bonds is 4. The van der Waals surface area contributed by atoms with Gasteiger partial charge >= 0.3 is 126 Å². The number of allylic oxidation sites excluding steroid dienone is 5. The molecule has 0 saturated heterocycles. The van der Waals surface area contributed by atoms with Crippen molar-refractivity contribution in [1.29, 1.82) is 0 Å². The van der Waals surface area contributed by atoms with Gasteiger partial charge in [-0.2, -0.15) is 0 Å². The number of hydrogen-bond acceptors (Lipinski definition) is 2. The molecule has 2 aliphatic rings. The Kier molecular flexibility index (Phi) is 9.12. The molecule has 0 aromatic heterocycles. The standard InChI is InChI=1S/C15H19OS.2ClH.Ti/c1-12(2)16-15(11-7-6-8-13(15)3)17-14-9-4-5-10-14;;;/h4,6-9,12H,5,11H2,1-3H3;2*1H;/q;;;+2/p-2. The molecule has 1 nitrogen and oxygen atoms in total. The monoisotopic (exact) mass is 365 g/mol. The van der Waals surface area contributed by atoms with Gasteiger partial charge in [-0.3, -0.25) is 0 Å². The van der Waals surface area contributed by atoms with Crippen molar-refractivity contribution >= 4 is 11.8 Å². The molecule has 1 atom stereocenters. The van der Waals surface area contributed by atoms with Crippen LogP contribution in [-0.2, 0) is 25.2 Å². The smallest absolute Gasteiger partial charge is 1.00 e. The second kappa shape index (κ2) is 8.87. The fourth-order valence-electron chi connectivity index (χ4n) is 2.15. The van der Waals surface area contributed by atoms with Crippen molar-refractivity contribution in [3.05, 3.63) is 44.7 Å². The van der Waals surface area contributed by atoms with Crippen LogP contribution < -0.4 is 24.8 Å². The van der Waals surface area contributed by atoms with Crippen LogP contribution in [0.15, 0.2) is 44.7 Å². The second-order valence-electron chi connectivity index (χ2n) is 4.95. The van der Waals surface area contributed by atoms with Crippen molar-refractivity contribution < 1.29 is 50.0 Å². The van der Waals surface area contributed by atoms with Gasteiger partial charge in [0.25, 0.3) is 0 Å². The summed E-state index contributed by atoms with van der Waals surface area (Å²) in [6.07, 6.45) is 13.2. The van der Waals surface area contributed by atoms with E-state index in [1.54, 1.807) is 0 Å². The first-order valence-corrected chi connectivity index (χ1v) is 7.95. The molecule has 0 bridgehead atoms. The van der Waals surface area contributed by atoms with E-state index >= 15 is 0 Å². The second-order valence-corrected chi connectivity index (χ2v) is 7.20. The van der Waals surface area contributed by atoms with E-state index in [1.807, 2.05) is 11.8 Å². The zero-order valence-corrected chi connectivity index (χ0v) is 15.8. The molecule has 0 aromatic carbocycles. The third kappa shape index (κ3) is 4.79. The fourth-order valence-corrected chi connectivity index (χ4v) is 4.08. The van der Waals surface area contributed by atoms with Crippen LogP contribution in [0, 0.1) is 0 Å². The van der Waals surface area contributed by atoms with Crippen LogP contribution in [0.4, 0.5) is 0 Å². The van der Waals surface area contributed by atoms with Gasteiger partial charge in [-0.1, -0.05) is 0 Å². The number of ether oxygens (including phenoxy) is 1. The number of halogens is 2. The van der Waals surface area contributed by atoms with E-state index in [2.05, 4.69) is 71.6 Å². The van der Waals surface area contributed by atoms with Crippen molar-refractivity contribution in [2.24, 2.45) is 0 Å². The topological polar surface area (TPSA) is 9.23 Å². The molecule has 0 amide bonds. The fraction of sp³-hybridized carbons (Fsp3) is 0.467. The molecule has 5 heteroatoms. The van der Waals surface area contributed by atoms with E-state index in [9.17, 15) is 0 Å². The normalized spacial score (nSPS) is 24.6. The van der Waals surface area contributed by atoms with Crippen LogP contribution in [0.1, 0.15) is 33.6 Å². The van der Waals surface area contributed by atoms with E-state index in [1.165, 1.54) is 14.4 Å². The van der Waals surface area contributed by atoms with Gasteiger partial charge in [-0.25, -0.2) is 0 Å². The minimum atomic E-state index is -0.214. The molecule has 20 heavy (non-hydrogen) atoms. The van der Waals surface area contributed by atoms with Crippen molar-refractivity contribution in [1.82, 2.24) is 0 Å². The van der Waals surface area contributed by atoms with Crippen molar-refractivity contribution in [2.75, 3.05) is 0 Å². The van der Waals surface area contributed by atoms with Crippen LogP contribution in [-0.4, -0.2) is 11.0 Å². The predicted octanol–water partition coefficient (Wildman–Crippen LogP) is -1.53. The van der Waals surface area contributed by atoms with Crippen molar-refractivity contribution in [3.63, 3.8) is 0 Å². The minimum Gasteiger partial charge on any atom is -1.00 e. The van der Waals surface area contributed by atoms with Crippen molar-refractivity contribution in [2.45, 2.75) is 44.6 Å². The molecule has 0 fully saturated rings. The van der Waals surface area contributed by atoms with E-state index in [-0.39, 0.29) is 35.9 Å². The van der Waals surface area contributed by atoms with Crippen molar-refractivity contribution in [3.8, 4) is 0 Å². The molecular weight excluding hydrogens is 347 g/mol. The van der Waals surface area contributed by atoms with Gasteiger partial charge in [0, 0.05) is 0 Å². The van der Waals surface area contributed by atoms with Gasteiger partial charge in [0.1, 0.15) is 0 Å². The van der Waals surface area contributed by atoms with Gasteiger partial charge in [-0.15, -0.1) is 0 Å². The quantitative estimate of drug-likeness (QED) is 0.442. The number of hydrogen-bond donors (Lipinski definition) is 0. The molecular formula is C15H19Cl2OSTi. The summed E-state index contributed by atoms with van der Waals surface area (Å²) < 4.78 is 7.73.